The number of ether oxygens (including phenoxy) is 1. The Hall–Kier alpha value is -3.52. The van der Waals surface area contributed by atoms with Crippen molar-refractivity contribution >= 4 is 22.5 Å². The molecular weight excluding hydrogens is 380 g/mol. The number of para-hydroxylation sites is 1. The Kier molecular flexibility index (Phi) is 5.58. The molecule has 0 spiro atoms. The maximum atomic E-state index is 13.2. The molecule has 4 rings (SSSR count). The first-order chi connectivity index (χ1) is 14.6. The number of fused-ring (bicyclic) bond motifs is 1. The van der Waals surface area contributed by atoms with E-state index in [9.17, 15) is 4.79 Å². The fraction of sp³-hybridized carbons (Fsp3) is 0.273. The van der Waals surface area contributed by atoms with Gasteiger partial charge in [-0.1, -0.05) is 18.2 Å². The Labute approximate surface area is 174 Å². The number of carbonyl (C=O) groups is 1. The van der Waals surface area contributed by atoms with Crippen LogP contribution in [0.1, 0.15) is 29.9 Å². The average Bonchev–Trinajstić information content (AvgIpc) is 3.37. The lowest BCUT2D eigenvalue weighted by atomic mass is 10.0. The Morgan fingerprint density at radius 2 is 2.00 bits per heavy atom. The van der Waals surface area contributed by atoms with E-state index in [4.69, 9.17) is 9.72 Å². The molecule has 3 aromatic heterocycles. The van der Waals surface area contributed by atoms with E-state index in [1.807, 2.05) is 62.0 Å². The number of amides is 1. The van der Waals surface area contributed by atoms with Crippen LogP contribution in [-0.2, 0) is 18.0 Å². The molecule has 1 amide bonds. The number of nitrogens with one attached hydrogen (secondary N) is 1. The van der Waals surface area contributed by atoms with E-state index >= 15 is 0 Å². The van der Waals surface area contributed by atoms with Crippen LogP contribution >= 0.6 is 0 Å². The summed E-state index contributed by atoms with van der Waals surface area (Å²) in [6.07, 6.45) is 5.32. The van der Waals surface area contributed by atoms with E-state index in [1.54, 1.807) is 17.1 Å². The summed E-state index contributed by atoms with van der Waals surface area (Å²) in [6, 6.07) is 9.46. The van der Waals surface area contributed by atoms with E-state index in [0.29, 0.717) is 24.6 Å². The molecule has 0 aliphatic carbocycles. The molecule has 0 saturated heterocycles. The van der Waals surface area contributed by atoms with E-state index in [1.165, 1.54) is 0 Å². The van der Waals surface area contributed by atoms with E-state index in [-0.39, 0.29) is 5.91 Å². The Morgan fingerprint density at radius 1 is 1.17 bits per heavy atom. The SMILES string of the molecule is CCOCn1cc(NC(=O)c2cc(-c3cn(CC)nc3C)nc3ccccc23)cn1. The van der Waals surface area contributed by atoms with Gasteiger partial charge in [0.15, 0.2) is 0 Å². The molecule has 0 bridgehead atoms. The van der Waals surface area contributed by atoms with Crippen molar-refractivity contribution in [3.63, 3.8) is 0 Å². The average molecular weight is 404 g/mol. The molecule has 0 fully saturated rings. The van der Waals surface area contributed by atoms with Crippen LogP contribution in [0.5, 0.6) is 0 Å². The maximum absolute atomic E-state index is 13.2. The molecule has 3 heterocycles. The van der Waals surface area contributed by atoms with Gasteiger partial charge in [0.05, 0.1) is 40.5 Å². The summed E-state index contributed by atoms with van der Waals surface area (Å²) in [5.41, 5.74) is 4.44. The van der Waals surface area contributed by atoms with Crippen LogP contribution in [0.2, 0.25) is 0 Å². The van der Waals surface area contributed by atoms with Crippen LogP contribution in [0.3, 0.4) is 0 Å². The number of aryl methyl sites for hydroxylation is 2. The highest BCUT2D eigenvalue weighted by Gasteiger charge is 2.17. The number of nitrogens with zero attached hydrogens (tertiary/aromatic N) is 5. The molecule has 1 aromatic carbocycles. The smallest absolute Gasteiger partial charge is 0.256 e. The van der Waals surface area contributed by atoms with Gasteiger partial charge in [-0.3, -0.25) is 9.48 Å². The van der Waals surface area contributed by atoms with E-state index in [2.05, 4.69) is 15.5 Å². The third-order valence-electron chi connectivity index (χ3n) is 4.83. The van der Waals surface area contributed by atoms with Crippen LogP contribution in [0, 0.1) is 6.92 Å². The summed E-state index contributed by atoms with van der Waals surface area (Å²) in [7, 11) is 0. The van der Waals surface area contributed by atoms with Crippen molar-refractivity contribution in [3.05, 3.63) is 60.2 Å². The van der Waals surface area contributed by atoms with Crippen LogP contribution in [0.25, 0.3) is 22.2 Å². The second-order valence-electron chi connectivity index (χ2n) is 6.90. The molecule has 0 aliphatic rings. The zero-order chi connectivity index (χ0) is 21.1. The number of carbonyl (C=O) groups excluding carboxylic acids is 1. The first kappa shape index (κ1) is 19.8. The molecule has 0 atom stereocenters. The Bertz CT molecular complexity index is 1190. The van der Waals surface area contributed by atoms with Gasteiger partial charge in [0, 0.05) is 30.3 Å². The zero-order valence-corrected chi connectivity index (χ0v) is 17.3. The van der Waals surface area contributed by atoms with Crippen molar-refractivity contribution in [1.82, 2.24) is 24.5 Å². The van der Waals surface area contributed by atoms with Gasteiger partial charge >= 0.3 is 0 Å². The number of benzene rings is 1. The van der Waals surface area contributed by atoms with Gasteiger partial charge < -0.3 is 10.1 Å². The molecule has 0 radical (unpaired) electrons. The second-order valence-corrected chi connectivity index (χ2v) is 6.90. The zero-order valence-electron chi connectivity index (χ0n) is 17.3. The first-order valence-electron chi connectivity index (χ1n) is 9.94. The molecule has 8 nitrogen and oxygen atoms in total. The van der Waals surface area contributed by atoms with Crippen molar-refractivity contribution in [3.8, 4) is 11.3 Å². The lowest BCUT2D eigenvalue weighted by molar-refractivity contribution is 0.0792. The minimum Gasteiger partial charge on any atom is -0.360 e. The predicted molar refractivity (Wildman–Crippen MR) is 115 cm³/mol. The summed E-state index contributed by atoms with van der Waals surface area (Å²) in [6.45, 7) is 7.62. The predicted octanol–water partition coefficient (Wildman–Crippen LogP) is 3.87. The van der Waals surface area contributed by atoms with Gasteiger partial charge in [-0.2, -0.15) is 10.2 Å². The second kappa shape index (κ2) is 8.46. The molecule has 8 heteroatoms. The summed E-state index contributed by atoms with van der Waals surface area (Å²) < 4.78 is 8.84. The monoisotopic (exact) mass is 404 g/mol. The number of pyridine rings is 1. The number of anilines is 1. The molecule has 0 aliphatic heterocycles. The molecule has 0 unspecified atom stereocenters. The molecular formula is C22H24N6O2. The number of aromatic nitrogens is 5. The lowest BCUT2D eigenvalue weighted by Gasteiger charge is -2.09. The summed E-state index contributed by atoms with van der Waals surface area (Å²) in [4.78, 5) is 17.9. The van der Waals surface area contributed by atoms with Crippen molar-refractivity contribution in [1.29, 1.82) is 0 Å². The molecule has 154 valence electrons. The molecule has 30 heavy (non-hydrogen) atoms. The van der Waals surface area contributed by atoms with Gasteiger partial charge in [0.25, 0.3) is 5.91 Å². The van der Waals surface area contributed by atoms with E-state index in [0.717, 1.165) is 34.4 Å². The third kappa shape index (κ3) is 3.95. The standard InChI is InChI=1S/C22H24N6O2/c1-4-27-13-19(15(3)26-27)21-10-18(17-8-6-7-9-20(17)25-21)22(29)24-16-11-23-28(12-16)14-30-5-2/h6-13H,4-5,14H2,1-3H3,(H,24,29). The lowest BCUT2D eigenvalue weighted by Crippen LogP contribution is -2.13. The maximum Gasteiger partial charge on any atom is 0.256 e. The number of rotatable bonds is 7. The minimum atomic E-state index is -0.216. The van der Waals surface area contributed by atoms with Gasteiger partial charge in [-0.15, -0.1) is 0 Å². The van der Waals surface area contributed by atoms with Crippen molar-refractivity contribution in [2.75, 3.05) is 11.9 Å². The Balaban J connectivity index is 1.71. The highest BCUT2D eigenvalue weighted by atomic mass is 16.5. The normalized spacial score (nSPS) is 11.2. The first-order valence-corrected chi connectivity index (χ1v) is 9.94. The number of hydrogen-bond donors (Lipinski definition) is 1. The topological polar surface area (TPSA) is 86.9 Å². The molecule has 1 N–H and O–H groups in total. The largest absolute Gasteiger partial charge is 0.360 e. The van der Waals surface area contributed by atoms with E-state index < -0.39 is 0 Å². The summed E-state index contributed by atoms with van der Waals surface area (Å²) >= 11 is 0. The van der Waals surface area contributed by atoms with Crippen LogP contribution < -0.4 is 5.32 Å². The third-order valence-corrected chi connectivity index (χ3v) is 4.83. The summed E-state index contributed by atoms with van der Waals surface area (Å²) in [5, 5.41) is 12.4. The minimum absolute atomic E-state index is 0.216. The highest BCUT2D eigenvalue weighted by Crippen LogP contribution is 2.27. The quantitative estimate of drug-likeness (QED) is 0.505. The summed E-state index contributed by atoms with van der Waals surface area (Å²) in [5.74, 6) is -0.216. The van der Waals surface area contributed by atoms with Crippen LogP contribution in [-0.4, -0.2) is 37.1 Å². The van der Waals surface area contributed by atoms with Gasteiger partial charge in [-0.05, 0) is 32.9 Å². The van der Waals surface area contributed by atoms with Crippen molar-refractivity contribution < 1.29 is 9.53 Å². The fourth-order valence-electron chi connectivity index (χ4n) is 3.31. The molecule has 0 saturated carbocycles. The highest BCUT2D eigenvalue weighted by molar-refractivity contribution is 6.13. The van der Waals surface area contributed by atoms with Crippen LogP contribution in [0.4, 0.5) is 5.69 Å². The molecule has 4 aromatic rings. The van der Waals surface area contributed by atoms with Crippen molar-refractivity contribution in [2.24, 2.45) is 0 Å². The fourth-order valence-corrected chi connectivity index (χ4v) is 3.31. The van der Waals surface area contributed by atoms with Gasteiger partial charge in [-0.25, -0.2) is 9.67 Å². The Morgan fingerprint density at radius 3 is 2.77 bits per heavy atom. The van der Waals surface area contributed by atoms with Crippen LogP contribution in [0.15, 0.2) is 48.9 Å². The van der Waals surface area contributed by atoms with Crippen molar-refractivity contribution in [2.45, 2.75) is 34.0 Å². The van der Waals surface area contributed by atoms with Gasteiger partial charge in [0.1, 0.15) is 6.73 Å². The van der Waals surface area contributed by atoms with Gasteiger partial charge in [0.2, 0.25) is 0 Å². The number of hydrogen-bond acceptors (Lipinski definition) is 5.